The van der Waals surface area contributed by atoms with Crippen LogP contribution in [0, 0.1) is 0 Å². The Morgan fingerprint density at radius 1 is 1.07 bits per heavy atom. The number of carbonyl (C=O) groups excluding carboxylic acids is 1. The van der Waals surface area contributed by atoms with Gasteiger partial charge in [-0.3, -0.25) is 4.79 Å². The summed E-state index contributed by atoms with van der Waals surface area (Å²) in [7, 11) is 0. The average Bonchev–Trinajstić information content (AvgIpc) is 3.10. The first-order valence-corrected chi connectivity index (χ1v) is 7.73. The average molecular weight is 374 g/mol. The van der Waals surface area contributed by atoms with Crippen LogP contribution in [-0.2, 0) is 6.18 Å². The Morgan fingerprint density at radius 3 is 2.59 bits per heavy atom. The SMILES string of the molecule is O=C(N/N=C\c1ccc(-c2cccc(C(F)(F)F)c2)o1)c1ccccc1O. The lowest BCUT2D eigenvalue weighted by Crippen LogP contribution is -2.17. The first kappa shape index (κ1) is 18.2. The Kier molecular flexibility index (Phi) is 4.98. The number of rotatable bonds is 4. The van der Waals surface area contributed by atoms with Crippen LogP contribution in [0.2, 0.25) is 0 Å². The third-order valence-electron chi connectivity index (χ3n) is 3.61. The van der Waals surface area contributed by atoms with Crippen LogP contribution in [0.25, 0.3) is 11.3 Å². The van der Waals surface area contributed by atoms with Crippen molar-refractivity contribution < 1.29 is 27.5 Å². The van der Waals surface area contributed by atoms with Crippen LogP contribution >= 0.6 is 0 Å². The van der Waals surface area contributed by atoms with Gasteiger partial charge >= 0.3 is 6.18 Å². The number of phenolic OH excluding ortho intramolecular Hbond substituents is 1. The van der Waals surface area contributed by atoms with E-state index in [1.165, 1.54) is 42.6 Å². The normalized spacial score (nSPS) is 11.7. The van der Waals surface area contributed by atoms with E-state index in [4.69, 9.17) is 4.42 Å². The number of nitrogens with zero attached hydrogens (tertiary/aromatic N) is 1. The number of carbonyl (C=O) groups is 1. The minimum Gasteiger partial charge on any atom is -0.507 e. The van der Waals surface area contributed by atoms with Gasteiger partial charge in [0.15, 0.2) is 0 Å². The number of hydrogen-bond acceptors (Lipinski definition) is 4. The molecule has 8 heteroatoms. The van der Waals surface area contributed by atoms with E-state index < -0.39 is 17.6 Å². The van der Waals surface area contributed by atoms with E-state index >= 15 is 0 Å². The van der Waals surface area contributed by atoms with Gasteiger partial charge in [0, 0.05) is 5.56 Å². The van der Waals surface area contributed by atoms with E-state index in [1.807, 2.05) is 0 Å². The summed E-state index contributed by atoms with van der Waals surface area (Å²) in [5.74, 6) is -0.335. The molecule has 1 heterocycles. The monoisotopic (exact) mass is 374 g/mol. The number of aromatic hydroxyl groups is 1. The molecule has 138 valence electrons. The molecule has 2 aromatic carbocycles. The van der Waals surface area contributed by atoms with Crippen LogP contribution in [0.1, 0.15) is 21.7 Å². The van der Waals surface area contributed by atoms with Gasteiger partial charge in [-0.1, -0.05) is 24.3 Å². The molecule has 1 amide bonds. The van der Waals surface area contributed by atoms with E-state index in [0.29, 0.717) is 0 Å². The second-order valence-electron chi connectivity index (χ2n) is 5.50. The van der Waals surface area contributed by atoms with Crippen molar-refractivity contribution in [2.75, 3.05) is 0 Å². The molecule has 0 fully saturated rings. The van der Waals surface area contributed by atoms with Crippen molar-refractivity contribution in [3.8, 4) is 17.1 Å². The number of para-hydroxylation sites is 1. The summed E-state index contributed by atoms with van der Waals surface area (Å²) in [5, 5.41) is 13.3. The van der Waals surface area contributed by atoms with Crippen LogP contribution in [0.15, 0.2) is 70.2 Å². The lowest BCUT2D eigenvalue weighted by Gasteiger charge is -2.07. The third-order valence-corrected chi connectivity index (χ3v) is 3.61. The summed E-state index contributed by atoms with van der Waals surface area (Å²) in [5.41, 5.74) is 1.77. The number of alkyl halides is 3. The van der Waals surface area contributed by atoms with Gasteiger partial charge in [-0.15, -0.1) is 0 Å². The Balaban J connectivity index is 1.70. The van der Waals surface area contributed by atoms with E-state index in [2.05, 4.69) is 10.5 Å². The Hall–Kier alpha value is -3.55. The summed E-state index contributed by atoms with van der Waals surface area (Å²) in [6.45, 7) is 0. The number of nitrogens with one attached hydrogen (secondary N) is 1. The molecule has 5 nitrogen and oxygen atoms in total. The highest BCUT2D eigenvalue weighted by atomic mass is 19.4. The van der Waals surface area contributed by atoms with Crippen molar-refractivity contribution in [3.05, 3.63) is 77.6 Å². The number of furan rings is 1. The maximum atomic E-state index is 12.8. The van der Waals surface area contributed by atoms with Gasteiger partial charge in [-0.05, 0) is 36.4 Å². The zero-order valence-electron chi connectivity index (χ0n) is 13.7. The van der Waals surface area contributed by atoms with E-state index in [1.54, 1.807) is 12.1 Å². The fourth-order valence-corrected chi connectivity index (χ4v) is 2.31. The molecule has 0 spiro atoms. The molecule has 0 aliphatic heterocycles. The number of hydrazone groups is 1. The highest BCUT2D eigenvalue weighted by molar-refractivity contribution is 5.97. The van der Waals surface area contributed by atoms with Crippen LogP contribution in [0.3, 0.4) is 0 Å². The van der Waals surface area contributed by atoms with Crippen molar-refractivity contribution in [3.63, 3.8) is 0 Å². The Morgan fingerprint density at radius 2 is 1.85 bits per heavy atom. The highest BCUT2D eigenvalue weighted by Crippen LogP contribution is 2.32. The summed E-state index contributed by atoms with van der Waals surface area (Å²) in [6, 6.07) is 13.7. The predicted molar refractivity (Wildman–Crippen MR) is 92.3 cm³/mol. The zero-order chi connectivity index (χ0) is 19.4. The molecule has 0 saturated heterocycles. The van der Waals surface area contributed by atoms with Gasteiger partial charge in [0.1, 0.15) is 17.3 Å². The fraction of sp³-hybridized carbons (Fsp3) is 0.0526. The molecule has 0 aliphatic carbocycles. The van der Waals surface area contributed by atoms with Crippen molar-refractivity contribution in [1.29, 1.82) is 0 Å². The zero-order valence-corrected chi connectivity index (χ0v) is 13.7. The number of halogens is 3. The largest absolute Gasteiger partial charge is 0.507 e. The maximum Gasteiger partial charge on any atom is 0.416 e. The molecule has 0 unspecified atom stereocenters. The Bertz CT molecular complexity index is 994. The standard InChI is InChI=1S/C19H13F3N2O3/c20-19(21,22)13-5-3-4-12(10-13)17-9-8-14(27-17)11-23-24-18(26)15-6-1-2-7-16(15)25/h1-11,25H,(H,24,26)/b23-11-. The lowest BCUT2D eigenvalue weighted by molar-refractivity contribution is -0.137. The lowest BCUT2D eigenvalue weighted by atomic mass is 10.1. The molecule has 0 saturated carbocycles. The van der Waals surface area contributed by atoms with Crippen molar-refractivity contribution in [1.82, 2.24) is 5.43 Å². The number of phenols is 1. The summed E-state index contributed by atoms with van der Waals surface area (Å²) < 4.78 is 43.8. The van der Waals surface area contributed by atoms with Gasteiger partial charge < -0.3 is 9.52 Å². The molecule has 1 aromatic heterocycles. The van der Waals surface area contributed by atoms with Crippen LogP contribution in [-0.4, -0.2) is 17.2 Å². The minimum atomic E-state index is -4.44. The van der Waals surface area contributed by atoms with Gasteiger partial charge in [-0.25, -0.2) is 5.43 Å². The quantitative estimate of drug-likeness (QED) is 0.524. The highest BCUT2D eigenvalue weighted by Gasteiger charge is 2.30. The molecule has 2 N–H and O–H groups in total. The number of hydrogen-bond donors (Lipinski definition) is 2. The van der Waals surface area contributed by atoms with Crippen molar-refractivity contribution >= 4 is 12.1 Å². The molecule has 0 bridgehead atoms. The first-order valence-electron chi connectivity index (χ1n) is 7.73. The third kappa shape index (κ3) is 4.35. The first-order chi connectivity index (χ1) is 12.8. The van der Waals surface area contributed by atoms with Crippen LogP contribution < -0.4 is 5.43 Å². The molecular formula is C19H13F3N2O3. The van der Waals surface area contributed by atoms with E-state index in [9.17, 15) is 23.1 Å². The van der Waals surface area contributed by atoms with Gasteiger partial charge in [0.2, 0.25) is 0 Å². The molecule has 3 rings (SSSR count). The second kappa shape index (κ2) is 7.36. The van der Waals surface area contributed by atoms with E-state index in [0.717, 1.165) is 12.1 Å². The van der Waals surface area contributed by atoms with Gasteiger partial charge in [0.25, 0.3) is 5.91 Å². The molecule has 0 atom stereocenters. The fourth-order valence-electron chi connectivity index (χ4n) is 2.31. The molecule has 3 aromatic rings. The minimum absolute atomic E-state index is 0.0544. The van der Waals surface area contributed by atoms with Gasteiger partial charge in [0.05, 0.1) is 17.3 Å². The Labute approximate surface area is 151 Å². The molecule has 27 heavy (non-hydrogen) atoms. The number of amides is 1. The molecule has 0 radical (unpaired) electrons. The second-order valence-corrected chi connectivity index (χ2v) is 5.50. The number of benzene rings is 2. The maximum absolute atomic E-state index is 12.8. The molecule has 0 aliphatic rings. The van der Waals surface area contributed by atoms with Crippen LogP contribution in [0.4, 0.5) is 13.2 Å². The smallest absolute Gasteiger partial charge is 0.416 e. The van der Waals surface area contributed by atoms with Crippen molar-refractivity contribution in [2.24, 2.45) is 5.10 Å². The summed E-state index contributed by atoms with van der Waals surface area (Å²) in [6.07, 6.45) is -3.24. The topological polar surface area (TPSA) is 74.8 Å². The van der Waals surface area contributed by atoms with Crippen LogP contribution in [0.5, 0.6) is 5.75 Å². The predicted octanol–water partition coefficient (Wildman–Crippen LogP) is 4.43. The summed E-state index contributed by atoms with van der Waals surface area (Å²) >= 11 is 0. The molecular weight excluding hydrogens is 361 g/mol. The van der Waals surface area contributed by atoms with E-state index in [-0.39, 0.29) is 28.4 Å². The van der Waals surface area contributed by atoms with Crippen molar-refractivity contribution in [2.45, 2.75) is 6.18 Å². The summed E-state index contributed by atoms with van der Waals surface area (Å²) in [4.78, 5) is 11.9. The van der Waals surface area contributed by atoms with Gasteiger partial charge in [-0.2, -0.15) is 18.3 Å².